The molecule has 7 nitrogen and oxygen atoms in total. The number of aliphatic hydroxyl groups excluding tert-OH is 1. The molecule has 1 aliphatic carbocycles. The van der Waals surface area contributed by atoms with Crippen LogP contribution in [0, 0.1) is 0 Å². The molecule has 0 unspecified atom stereocenters. The van der Waals surface area contributed by atoms with E-state index >= 15 is 0 Å². The molecule has 0 atom stereocenters. The van der Waals surface area contributed by atoms with Crippen LogP contribution in [0.4, 0.5) is 0 Å². The summed E-state index contributed by atoms with van der Waals surface area (Å²) < 4.78 is 16.1. The van der Waals surface area contributed by atoms with Gasteiger partial charge in [0.05, 0.1) is 25.1 Å². The number of hydrogen-bond donors (Lipinski definition) is 2. The third-order valence-electron chi connectivity index (χ3n) is 4.09. The Morgan fingerprint density at radius 1 is 1.39 bits per heavy atom. The Morgan fingerprint density at radius 3 is 2.91 bits per heavy atom. The third-order valence-corrected chi connectivity index (χ3v) is 4.09. The summed E-state index contributed by atoms with van der Waals surface area (Å²) >= 11 is 0. The van der Waals surface area contributed by atoms with Gasteiger partial charge in [-0.1, -0.05) is 18.0 Å². The van der Waals surface area contributed by atoms with Gasteiger partial charge in [0, 0.05) is 12.6 Å². The molecule has 1 saturated carbocycles. The van der Waals surface area contributed by atoms with Crippen LogP contribution in [0.3, 0.4) is 0 Å². The van der Waals surface area contributed by atoms with E-state index in [4.69, 9.17) is 18.8 Å². The number of hydrogen-bond acceptors (Lipinski definition) is 6. The molecule has 0 radical (unpaired) electrons. The van der Waals surface area contributed by atoms with Gasteiger partial charge in [0.15, 0.2) is 11.5 Å². The average molecular weight is 320 g/mol. The Kier molecular flexibility index (Phi) is 4.78. The van der Waals surface area contributed by atoms with Crippen LogP contribution in [0.25, 0.3) is 11.5 Å². The number of nitrogens with zero attached hydrogens (tertiary/aromatic N) is 1. The second kappa shape index (κ2) is 6.97. The first-order chi connectivity index (χ1) is 11.2. The Labute approximate surface area is 133 Å². The maximum absolute atomic E-state index is 12.2. The van der Waals surface area contributed by atoms with Gasteiger partial charge >= 0.3 is 0 Å². The second-order valence-corrected chi connectivity index (χ2v) is 5.70. The number of amides is 1. The number of ether oxygens (including phenoxy) is 1. The third kappa shape index (κ3) is 3.62. The van der Waals surface area contributed by atoms with Gasteiger partial charge in [-0.05, 0) is 25.0 Å². The van der Waals surface area contributed by atoms with Crippen molar-refractivity contribution < 1.29 is 23.6 Å². The molecule has 23 heavy (non-hydrogen) atoms. The lowest BCUT2D eigenvalue weighted by Crippen LogP contribution is -2.43. The molecule has 1 aliphatic rings. The largest absolute Gasteiger partial charge is 0.461 e. The topological polar surface area (TPSA) is 97.7 Å². The van der Waals surface area contributed by atoms with Gasteiger partial charge in [-0.15, -0.1) is 0 Å². The van der Waals surface area contributed by atoms with Gasteiger partial charge in [0.1, 0.15) is 0 Å². The van der Waals surface area contributed by atoms with Crippen molar-refractivity contribution in [3.8, 4) is 11.5 Å². The van der Waals surface area contributed by atoms with Crippen LogP contribution in [-0.4, -0.2) is 41.5 Å². The number of carbonyl (C=O) groups excluding carboxylic acids is 1. The molecular weight excluding hydrogens is 300 g/mol. The van der Waals surface area contributed by atoms with Crippen molar-refractivity contribution in [2.45, 2.75) is 31.3 Å². The zero-order valence-corrected chi connectivity index (χ0v) is 12.8. The van der Waals surface area contributed by atoms with E-state index in [1.165, 1.54) is 6.26 Å². The molecule has 3 rings (SSSR count). The van der Waals surface area contributed by atoms with Crippen LogP contribution >= 0.6 is 0 Å². The first-order valence-electron chi connectivity index (χ1n) is 7.76. The quantitative estimate of drug-likeness (QED) is 0.809. The Bertz CT molecular complexity index is 629. The van der Waals surface area contributed by atoms with Crippen molar-refractivity contribution >= 4 is 5.91 Å². The van der Waals surface area contributed by atoms with E-state index in [0.717, 1.165) is 25.7 Å². The highest BCUT2D eigenvalue weighted by molar-refractivity contribution is 5.92. The second-order valence-electron chi connectivity index (χ2n) is 5.70. The summed E-state index contributed by atoms with van der Waals surface area (Å²) in [5.41, 5.74) is -0.182. The van der Waals surface area contributed by atoms with Crippen molar-refractivity contribution in [3.63, 3.8) is 0 Å². The Hall–Kier alpha value is -2.12. The number of aromatic nitrogens is 1. The van der Waals surface area contributed by atoms with Gasteiger partial charge in [-0.25, -0.2) is 0 Å². The number of aliphatic hydroxyl groups is 1. The molecule has 2 heterocycles. The summed E-state index contributed by atoms with van der Waals surface area (Å²) in [5, 5.41) is 15.6. The number of nitrogens with one attached hydrogen (secondary N) is 1. The van der Waals surface area contributed by atoms with Crippen molar-refractivity contribution in [2.75, 3.05) is 19.8 Å². The molecule has 1 amide bonds. The summed E-state index contributed by atoms with van der Waals surface area (Å²) in [6.07, 6.45) is 5.41. The number of rotatable bonds is 7. The highest BCUT2D eigenvalue weighted by Crippen LogP contribution is 2.32. The minimum absolute atomic E-state index is 0.0223. The Balaban J connectivity index is 1.60. The fourth-order valence-corrected chi connectivity index (χ4v) is 2.90. The maximum Gasteiger partial charge on any atom is 0.273 e. The minimum atomic E-state index is -0.383. The van der Waals surface area contributed by atoms with Gasteiger partial charge < -0.3 is 24.1 Å². The first kappa shape index (κ1) is 15.8. The standard InChI is InChI=1S/C16H20N2O5/c19-7-9-22-16(5-1-2-6-16)11-17-15(20)12-10-14(23-18-12)13-4-3-8-21-13/h3-4,8,10,19H,1-2,5-7,9,11H2,(H,17,20). The van der Waals surface area contributed by atoms with Crippen molar-refractivity contribution in [1.82, 2.24) is 10.5 Å². The predicted octanol–water partition coefficient (Wildman–Crippen LogP) is 1.99. The zero-order valence-electron chi connectivity index (χ0n) is 12.8. The molecule has 2 aromatic heterocycles. The lowest BCUT2D eigenvalue weighted by Gasteiger charge is -2.29. The molecule has 2 N–H and O–H groups in total. The molecule has 124 valence electrons. The SMILES string of the molecule is O=C(NCC1(OCCO)CCCC1)c1cc(-c2ccco2)on1. The van der Waals surface area contributed by atoms with Gasteiger partial charge in [0.25, 0.3) is 5.91 Å². The monoisotopic (exact) mass is 320 g/mol. The minimum Gasteiger partial charge on any atom is -0.461 e. The molecular formula is C16H20N2O5. The first-order valence-corrected chi connectivity index (χ1v) is 7.76. The molecule has 0 aliphatic heterocycles. The molecule has 0 saturated heterocycles. The lowest BCUT2D eigenvalue weighted by atomic mass is 10.0. The maximum atomic E-state index is 12.2. The summed E-state index contributed by atoms with van der Waals surface area (Å²) in [6.45, 7) is 0.655. The highest BCUT2D eigenvalue weighted by atomic mass is 16.5. The summed E-state index contributed by atoms with van der Waals surface area (Å²) in [6, 6.07) is 5.02. The smallest absolute Gasteiger partial charge is 0.273 e. The molecule has 1 fully saturated rings. The summed E-state index contributed by atoms with van der Waals surface area (Å²) in [5.74, 6) is 0.618. The van der Waals surface area contributed by atoms with E-state index in [1.807, 2.05) is 0 Å². The van der Waals surface area contributed by atoms with Crippen LogP contribution in [0.2, 0.25) is 0 Å². The Morgan fingerprint density at radius 2 is 2.22 bits per heavy atom. The van der Waals surface area contributed by atoms with Crippen LogP contribution < -0.4 is 5.32 Å². The highest BCUT2D eigenvalue weighted by Gasteiger charge is 2.35. The summed E-state index contributed by atoms with van der Waals surface area (Å²) in [4.78, 5) is 12.2. The van der Waals surface area contributed by atoms with E-state index < -0.39 is 0 Å². The molecule has 0 aromatic carbocycles. The number of furan rings is 1. The van der Waals surface area contributed by atoms with E-state index in [1.54, 1.807) is 18.2 Å². The van der Waals surface area contributed by atoms with Crippen LogP contribution in [0.1, 0.15) is 36.2 Å². The normalized spacial score (nSPS) is 16.6. The van der Waals surface area contributed by atoms with Crippen LogP contribution in [-0.2, 0) is 4.74 Å². The van der Waals surface area contributed by atoms with Gasteiger partial charge in [-0.3, -0.25) is 4.79 Å². The van der Waals surface area contributed by atoms with Crippen molar-refractivity contribution in [1.29, 1.82) is 0 Å². The van der Waals surface area contributed by atoms with Crippen molar-refractivity contribution in [2.24, 2.45) is 0 Å². The van der Waals surface area contributed by atoms with Crippen molar-refractivity contribution in [3.05, 3.63) is 30.2 Å². The fourth-order valence-electron chi connectivity index (χ4n) is 2.90. The average Bonchev–Trinajstić information content (AvgIpc) is 3.32. The van der Waals surface area contributed by atoms with Gasteiger partial charge in [0.2, 0.25) is 5.76 Å². The lowest BCUT2D eigenvalue weighted by molar-refractivity contribution is -0.0511. The fraction of sp³-hybridized carbons (Fsp3) is 0.500. The predicted molar refractivity (Wildman–Crippen MR) is 80.8 cm³/mol. The zero-order chi connectivity index (χ0) is 16.1. The van der Waals surface area contributed by atoms with E-state index in [9.17, 15) is 4.79 Å². The number of carbonyl (C=O) groups is 1. The molecule has 0 bridgehead atoms. The van der Waals surface area contributed by atoms with E-state index in [-0.39, 0.29) is 30.4 Å². The molecule has 0 spiro atoms. The van der Waals surface area contributed by atoms with Crippen LogP contribution in [0.15, 0.2) is 33.4 Å². The van der Waals surface area contributed by atoms with Gasteiger partial charge in [-0.2, -0.15) is 0 Å². The molecule has 2 aromatic rings. The van der Waals surface area contributed by atoms with Crippen LogP contribution in [0.5, 0.6) is 0 Å². The molecule has 7 heteroatoms. The van der Waals surface area contributed by atoms with E-state index in [0.29, 0.717) is 18.1 Å². The van der Waals surface area contributed by atoms with E-state index in [2.05, 4.69) is 10.5 Å². The summed E-state index contributed by atoms with van der Waals surface area (Å²) in [7, 11) is 0.